The van der Waals surface area contributed by atoms with E-state index in [2.05, 4.69) is 5.32 Å². The first-order valence-electron chi connectivity index (χ1n) is 5.32. The lowest BCUT2D eigenvalue weighted by atomic mass is 10.2. The maximum atomic E-state index is 13.0. The number of nitrogens with zero attached hydrogens (tertiary/aromatic N) is 1. The molecule has 2 N–H and O–H groups in total. The van der Waals surface area contributed by atoms with Crippen molar-refractivity contribution in [1.29, 1.82) is 5.26 Å². The molecule has 0 radical (unpaired) electrons. The van der Waals surface area contributed by atoms with Crippen LogP contribution in [0.1, 0.15) is 24.8 Å². The highest BCUT2D eigenvalue weighted by Crippen LogP contribution is 2.13. The molecule has 0 atom stereocenters. The Balaban J connectivity index is 2.40. The first-order chi connectivity index (χ1) is 7.77. The first kappa shape index (κ1) is 12.5. The summed E-state index contributed by atoms with van der Waals surface area (Å²) in [6.07, 6.45) is 2.70. The Kier molecular flexibility index (Phi) is 5.30. The molecule has 0 fully saturated rings. The molecule has 16 heavy (non-hydrogen) atoms. The number of nitrogens with one attached hydrogen (secondary N) is 1. The molecule has 0 aliphatic carbocycles. The van der Waals surface area contributed by atoms with Crippen LogP contribution in [0.3, 0.4) is 0 Å². The van der Waals surface area contributed by atoms with Crippen molar-refractivity contribution in [3.05, 3.63) is 29.6 Å². The van der Waals surface area contributed by atoms with Gasteiger partial charge in [0.15, 0.2) is 0 Å². The lowest BCUT2D eigenvalue weighted by Gasteiger charge is -2.06. The lowest BCUT2D eigenvalue weighted by molar-refractivity contribution is 0.283. The molecular formula is C12H15FN2O. The Morgan fingerprint density at radius 3 is 2.81 bits per heavy atom. The summed E-state index contributed by atoms with van der Waals surface area (Å²) in [4.78, 5) is 0. The van der Waals surface area contributed by atoms with Crippen molar-refractivity contribution < 1.29 is 9.50 Å². The van der Waals surface area contributed by atoms with E-state index >= 15 is 0 Å². The average Bonchev–Trinajstić information content (AvgIpc) is 2.31. The van der Waals surface area contributed by atoms with Crippen molar-refractivity contribution in [3.8, 4) is 6.07 Å². The maximum absolute atomic E-state index is 13.0. The third kappa shape index (κ3) is 3.87. The van der Waals surface area contributed by atoms with Gasteiger partial charge in [-0.2, -0.15) is 5.26 Å². The molecule has 0 bridgehead atoms. The Morgan fingerprint density at radius 2 is 2.12 bits per heavy atom. The van der Waals surface area contributed by atoms with Gasteiger partial charge in [-0.25, -0.2) is 4.39 Å². The summed E-state index contributed by atoms with van der Waals surface area (Å²) in [6.45, 7) is 0.978. The summed E-state index contributed by atoms with van der Waals surface area (Å²) in [5, 5.41) is 20.3. The van der Waals surface area contributed by atoms with Gasteiger partial charge in [-0.1, -0.05) is 0 Å². The quantitative estimate of drug-likeness (QED) is 0.726. The van der Waals surface area contributed by atoms with E-state index in [4.69, 9.17) is 10.4 Å². The number of unbranched alkanes of at least 4 members (excludes halogenated alkanes) is 2. The summed E-state index contributed by atoms with van der Waals surface area (Å²) in [5.74, 6) is -0.492. The fourth-order valence-electron chi connectivity index (χ4n) is 1.37. The smallest absolute Gasteiger partial charge is 0.141 e. The van der Waals surface area contributed by atoms with Crippen molar-refractivity contribution in [1.82, 2.24) is 0 Å². The molecule has 86 valence electrons. The SMILES string of the molecule is N#Cc1cc(NCCCCCO)ccc1F. The monoisotopic (exact) mass is 222 g/mol. The van der Waals surface area contributed by atoms with Crippen molar-refractivity contribution >= 4 is 5.69 Å². The largest absolute Gasteiger partial charge is 0.396 e. The summed E-state index contributed by atoms with van der Waals surface area (Å²) in [5.41, 5.74) is 0.808. The molecular weight excluding hydrogens is 207 g/mol. The van der Waals surface area contributed by atoms with E-state index in [0.29, 0.717) is 0 Å². The predicted octanol–water partition coefficient (Wildman–Crippen LogP) is 2.27. The number of anilines is 1. The number of halogens is 1. The highest BCUT2D eigenvalue weighted by atomic mass is 19.1. The van der Waals surface area contributed by atoms with Crippen molar-refractivity contribution in [2.45, 2.75) is 19.3 Å². The highest BCUT2D eigenvalue weighted by molar-refractivity contribution is 5.49. The Labute approximate surface area is 94.5 Å². The van der Waals surface area contributed by atoms with Gasteiger partial charge >= 0.3 is 0 Å². The zero-order chi connectivity index (χ0) is 11.8. The fourth-order valence-corrected chi connectivity index (χ4v) is 1.37. The molecule has 0 unspecified atom stereocenters. The minimum Gasteiger partial charge on any atom is -0.396 e. The van der Waals surface area contributed by atoms with E-state index in [0.717, 1.165) is 31.5 Å². The molecule has 1 aromatic carbocycles. The van der Waals surface area contributed by atoms with E-state index < -0.39 is 5.82 Å². The molecule has 4 heteroatoms. The number of hydrogen-bond donors (Lipinski definition) is 2. The summed E-state index contributed by atoms with van der Waals surface area (Å²) >= 11 is 0. The van der Waals surface area contributed by atoms with E-state index in [1.807, 2.05) is 0 Å². The van der Waals surface area contributed by atoms with Crippen LogP contribution in [-0.2, 0) is 0 Å². The second kappa shape index (κ2) is 6.81. The maximum Gasteiger partial charge on any atom is 0.141 e. The summed E-state index contributed by atoms with van der Waals surface area (Å²) in [7, 11) is 0. The van der Waals surface area contributed by atoms with Gasteiger partial charge in [-0.15, -0.1) is 0 Å². The number of nitriles is 1. The molecule has 0 amide bonds. The molecule has 0 spiro atoms. The van der Waals surface area contributed by atoms with Gasteiger partial charge in [0, 0.05) is 18.8 Å². The molecule has 0 saturated carbocycles. The molecule has 3 nitrogen and oxygen atoms in total. The number of aliphatic hydroxyl groups is 1. The topological polar surface area (TPSA) is 56.0 Å². The minimum atomic E-state index is -0.492. The average molecular weight is 222 g/mol. The Bertz CT molecular complexity index is 374. The Hall–Kier alpha value is -1.60. The van der Waals surface area contributed by atoms with Crippen LogP contribution in [0.15, 0.2) is 18.2 Å². The van der Waals surface area contributed by atoms with Crippen LogP contribution in [0.4, 0.5) is 10.1 Å². The third-order valence-corrected chi connectivity index (χ3v) is 2.25. The van der Waals surface area contributed by atoms with Crippen LogP contribution in [-0.4, -0.2) is 18.3 Å². The van der Waals surface area contributed by atoms with Crippen LogP contribution in [0.5, 0.6) is 0 Å². The van der Waals surface area contributed by atoms with Gasteiger partial charge in [-0.05, 0) is 37.5 Å². The van der Waals surface area contributed by atoms with Crippen LogP contribution >= 0.6 is 0 Å². The van der Waals surface area contributed by atoms with Gasteiger partial charge in [0.05, 0.1) is 5.56 Å². The van der Waals surface area contributed by atoms with Crippen molar-refractivity contribution in [2.24, 2.45) is 0 Å². The van der Waals surface area contributed by atoms with Crippen LogP contribution < -0.4 is 5.32 Å². The molecule has 0 aromatic heterocycles. The molecule has 0 saturated heterocycles. The van der Waals surface area contributed by atoms with Crippen LogP contribution in [0, 0.1) is 17.1 Å². The van der Waals surface area contributed by atoms with Gasteiger partial charge in [0.1, 0.15) is 11.9 Å². The zero-order valence-corrected chi connectivity index (χ0v) is 9.04. The fraction of sp³-hybridized carbons (Fsp3) is 0.417. The standard InChI is InChI=1S/C12H15FN2O/c13-12-5-4-11(8-10(12)9-14)15-6-2-1-3-7-16/h4-5,8,15-16H,1-3,6-7H2. The number of benzene rings is 1. The molecule has 0 aliphatic heterocycles. The number of aliphatic hydroxyl groups excluding tert-OH is 1. The van der Waals surface area contributed by atoms with E-state index in [1.54, 1.807) is 12.1 Å². The van der Waals surface area contributed by atoms with Gasteiger partial charge in [-0.3, -0.25) is 0 Å². The minimum absolute atomic E-state index is 0.0559. The highest BCUT2D eigenvalue weighted by Gasteiger charge is 2.01. The summed E-state index contributed by atoms with van der Waals surface area (Å²) < 4.78 is 13.0. The second-order valence-electron chi connectivity index (χ2n) is 3.52. The van der Waals surface area contributed by atoms with E-state index in [1.165, 1.54) is 12.1 Å². The van der Waals surface area contributed by atoms with Crippen molar-refractivity contribution in [2.75, 3.05) is 18.5 Å². The van der Waals surface area contributed by atoms with Crippen LogP contribution in [0.2, 0.25) is 0 Å². The van der Waals surface area contributed by atoms with Crippen LogP contribution in [0.25, 0.3) is 0 Å². The van der Waals surface area contributed by atoms with E-state index in [9.17, 15) is 4.39 Å². The summed E-state index contributed by atoms with van der Waals surface area (Å²) in [6, 6.07) is 6.20. The van der Waals surface area contributed by atoms with Gasteiger partial charge in [0.2, 0.25) is 0 Å². The zero-order valence-electron chi connectivity index (χ0n) is 9.04. The normalized spacial score (nSPS) is 9.81. The predicted molar refractivity (Wildman–Crippen MR) is 60.5 cm³/mol. The first-order valence-corrected chi connectivity index (χ1v) is 5.32. The van der Waals surface area contributed by atoms with Crippen molar-refractivity contribution in [3.63, 3.8) is 0 Å². The molecule has 1 aromatic rings. The third-order valence-electron chi connectivity index (χ3n) is 2.25. The number of hydrogen-bond acceptors (Lipinski definition) is 3. The van der Waals surface area contributed by atoms with Gasteiger partial charge < -0.3 is 10.4 Å². The van der Waals surface area contributed by atoms with Gasteiger partial charge in [0.25, 0.3) is 0 Å². The molecule has 1 rings (SSSR count). The number of rotatable bonds is 6. The van der Waals surface area contributed by atoms with E-state index in [-0.39, 0.29) is 12.2 Å². The Morgan fingerprint density at radius 1 is 1.31 bits per heavy atom. The lowest BCUT2D eigenvalue weighted by Crippen LogP contribution is -2.02. The molecule has 0 heterocycles. The second-order valence-corrected chi connectivity index (χ2v) is 3.52. The molecule has 0 aliphatic rings.